The summed E-state index contributed by atoms with van der Waals surface area (Å²) in [4.78, 5) is 2.56. The van der Waals surface area contributed by atoms with E-state index >= 15 is 0 Å². The zero-order chi connectivity index (χ0) is 11.4. The van der Waals surface area contributed by atoms with Crippen LogP contribution in [0.3, 0.4) is 0 Å². The number of hydrogen-bond donors (Lipinski definition) is 1. The second-order valence-corrected chi connectivity index (χ2v) is 6.29. The average molecular weight is 290 g/mol. The molecule has 1 heterocycles. The Morgan fingerprint density at radius 2 is 2.12 bits per heavy atom. The van der Waals surface area contributed by atoms with Crippen LogP contribution in [-0.2, 0) is 0 Å². The molecule has 3 heteroatoms. The average Bonchev–Trinajstić information content (AvgIpc) is 2.29. The van der Waals surface area contributed by atoms with E-state index in [0.717, 1.165) is 31.3 Å². The molecule has 0 amide bonds. The van der Waals surface area contributed by atoms with E-state index in [1.807, 2.05) is 0 Å². The molecule has 1 saturated heterocycles. The van der Waals surface area contributed by atoms with Crippen molar-refractivity contribution in [1.29, 1.82) is 0 Å². The van der Waals surface area contributed by atoms with Crippen molar-refractivity contribution in [3.8, 4) is 0 Å². The van der Waals surface area contributed by atoms with Crippen LogP contribution in [0.2, 0.25) is 0 Å². The van der Waals surface area contributed by atoms with Gasteiger partial charge in [-0.2, -0.15) is 0 Å². The highest BCUT2D eigenvalue weighted by molar-refractivity contribution is 9.09. The monoisotopic (exact) mass is 289 g/mol. The second-order valence-electron chi connectivity index (χ2n) is 5.49. The van der Waals surface area contributed by atoms with Crippen molar-refractivity contribution in [1.82, 2.24) is 4.90 Å². The normalized spacial score (nSPS) is 36.0. The fourth-order valence-corrected chi connectivity index (χ4v) is 3.67. The van der Waals surface area contributed by atoms with E-state index in [1.54, 1.807) is 0 Å². The SMILES string of the molecule is OC12CCCCC1CN(CCCCBr)CC2. The molecule has 1 aliphatic carbocycles. The molecule has 1 saturated carbocycles. The molecule has 0 bridgehead atoms. The fourth-order valence-electron chi connectivity index (χ4n) is 3.27. The summed E-state index contributed by atoms with van der Waals surface area (Å²) in [7, 11) is 0. The van der Waals surface area contributed by atoms with Gasteiger partial charge in [0, 0.05) is 24.3 Å². The fraction of sp³-hybridized carbons (Fsp3) is 1.00. The molecule has 2 unspecified atom stereocenters. The van der Waals surface area contributed by atoms with Crippen molar-refractivity contribution in [3.05, 3.63) is 0 Å². The third-order valence-corrected chi connectivity index (χ3v) is 4.93. The molecule has 2 fully saturated rings. The number of halogens is 1. The number of likely N-dealkylation sites (tertiary alicyclic amines) is 1. The second kappa shape index (κ2) is 5.83. The number of unbranched alkanes of at least 4 members (excludes halogenated alkanes) is 1. The summed E-state index contributed by atoms with van der Waals surface area (Å²) in [6.07, 6.45) is 8.41. The molecule has 0 aromatic heterocycles. The molecule has 2 aliphatic rings. The Balaban J connectivity index is 1.80. The first-order valence-electron chi connectivity index (χ1n) is 6.75. The molecular weight excluding hydrogens is 266 g/mol. The van der Waals surface area contributed by atoms with Gasteiger partial charge in [0.05, 0.1) is 5.60 Å². The molecule has 2 atom stereocenters. The van der Waals surface area contributed by atoms with Crippen molar-refractivity contribution in [2.45, 2.75) is 50.5 Å². The molecule has 94 valence electrons. The van der Waals surface area contributed by atoms with E-state index in [2.05, 4.69) is 20.8 Å². The summed E-state index contributed by atoms with van der Waals surface area (Å²) in [6, 6.07) is 0. The summed E-state index contributed by atoms with van der Waals surface area (Å²) >= 11 is 3.48. The van der Waals surface area contributed by atoms with Crippen LogP contribution in [0.4, 0.5) is 0 Å². The van der Waals surface area contributed by atoms with Crippen molar-refractivity contribution in [2.75, 3.05) is 25.0 Å². The first kappa shape index (κ1) is 12.8. The minimum atomic E-state index is -0.301. The first-order chi connectivity index (χ1) is 7.74. The van der Waals surface area contributed by atoms with E-state index in [0.29, 0.717) is 5.92 Å². The summed E-state index contributed by atoms with van der Waals surface area (Å²) in [5, 5.41) is 11.7. The van der Waals surface area contributed by atoms with Gasteiger partial charge in [0.2, 0.25) is 0 Å². The number of alkyl halides is 1. The van der Waals surface area contributed by atoms with Crippen LogP contribution in [0.15, 0.2) is 0 Å². The minimum absolute atomic E-state index is 0.301. The van der Waals surface area contributed by atoms with Crippen molar-refractivity contribution < 1.29 is 5.11 Å². The van der Waals surface area contributed by atoms with Gasteiger partial charge in [-0.05, 0) is 38.6 Å². The van der Waals surface area contributed by atoms with Gasteiger partial charge >= 0.3 is 0 Å². The zero-order valence-electron chi connectivity index (χ0n) is 10.1. The lowest BCUT2D eigenvalue weighted by Gasteiger charge is -2.47. The summed E-state index contributed by atoms with van der Waals surface area (Å²) in [5.74, 6) is 0.555. The molecule has 0 aromatic carbocycles. The van der Waals surface area contributed by atoms with Crippen LogP contribution in [0.5, 0.6) is 0 Å². The lowest BCUT2D eigenvalue weighted by Crippen LogP contribution is -2.53. The largest absolute Gasteiger partial charge is 0.390 e. The Kier molecular flexibility index (Phi) is 4.68. The Morgan fingerprint density at radius 1 is 1.25 bits per heavy atom. The highest BCUT2D eigenvalue weighted by Gasteiger charge is 2.42. The lowest BCUT2D eigenvalue weighted by atomic mass is 9.71. The van der Waals surface area contributed by atoms with Crippen LogP contribution in [0.25, 0.3) is 0 Å². The van der Waals surface area contributed by atoms with E-state index in [1.165, 1.54) is 38.6 Å². The molecular formula is C13H24BrNO. The first-order valence-corrected chi connectivity index (χ1v) is 7.87. The summed E-state index contributed by atoms with van der Waals surface area (Å²) in [6.45, 7) is 3.46. The predicted molar refractivity (Wildman–Crippen MR) is 71.0 cm³/mol. The number of fused-ring (bicyclic) bond motifs is 1. The van der Waals surface area contributed by atoms with Crippen LogP contribution < -0.4 is 0 Å². The van der Waals surface area contributed by atoms with Gasteiger partial charge in [0.25, 0.3) is 0 Å². The smallest absolute Gasteiger partial charge is 0.0700 e. The highest BCUT2D eigenvalue weighted by atomic mass is 79.9. The number of nitrogens with zero attached hydrogens (tertiary/aromatic N) is 1. The van der Waals surface area contributed by atoms with Crippen LogP contribution in [-0.4, -0.2) is 40.6 Å². The zero-order valence-corrected chi connectivity index (χ0v) is 11.7. The van der Waals surface area contributed by atoms with Crippen molar-refractivity contribution in [3.63, 3.8) is 0 Å². The maximum atomic E-state index is 10.5. The molecule has 1 aliphatic heterocycles. The Bertz CT molecular complexity index is 224. The maximum Gasteiger partial charge on any atom is 0.0700 e. The Hall–Kier alpha value is 0.400. The molecule has 0 radical (unpaired) electrons. The highest BCUT2D eigenvalue weighted by Crippen LogP contribution is 2.39. The summed E-state index contributed by atoms with van der Waals surface area (Å²) in [5.41, 5.74) is -0.301. The van der Waals surface area contributed by atoms with E-state index in [4.69, 9.17) is 0 Å². The van der Waals surface area contributed by atoms with Gasteiger partial charge in [-0.3, -0.25) is 0 Å². The molecule has 2 nitrogen and oxygen atoms in total. The molecule has 1 N–H and O–H groups in total. The van der Waals surface area contributed by atoms with E-state index in [9.17, 15) is 5.11 Å². The molecule has 0 spiro atoms. The number of piperidine rings is 1. The Labute approximate surface area is 108 Å². The third-order valence-electron chi connectivity index (χ3n) is 4.37. The lowest BCUT2D eigenvalue weighted by molar-refractivity contribution is -0.0953. The van der Waals surface area contributed by atoms with Crippen LogP contribution in [0, 0.1) is 5.92 Å². The number of rotatable bonds is 4. The Morgan fingerprint density at radius 3 is 2.94 bits per heavy atom. The van der Waals surface area contributed by atoms with Gasteiger partial charge in [-0.25, -0.2) is 0 Å². The maximum absolute atomic E-state index is 10.5. The van der Waals surface area contributed by atoms with Crippen LogP contribution >= 0.6 is 15.9 Å². The third kappa shape index (κ3) is 2.99. The number of aliphatic hydroxyl groups is 1. The minimum Gasteiger partial charge on any atom is -0.390 e. The number of hydrogen-bond acceptors (Lipinski definition) is 2. The molecule has 2 rings (SSSR count). The van der Waals surface area contributed by atoms with Gasteiger partial charge in [-0.1, -0.05) is 28.8 Å². The summed E-state index contributed by atoms with van der Waals surface area (Å²) < 4.78 is 0. The molecule has 0 aromatic rings. The van der Waals surface area contributed by atoms with Gasteiger partial charge in [0.1, 0.15) is 0 Å². The standard InChI is InChI=1S/C13H24BrNO/c14-8-3-4-9-15-10-7-13(16)6-2-1-5-12(13)11-15/h12,16H,1-11H2. The van der Waals surface area contributed by atoms with Crippen molar-refractivity contribution >= 4 is 15.9 Å². The van der Waals surface area contributed by atoms with E-state index < -0.39 is 0 Å². The topological polar surface area (TPSA) is 23.5 Å². The van der Waals surface area contributed by atoms with Crippen molar-refractivity contribution in [2.24, 2.45) is 5.92 Å². The quantitative estimate of drug-likeness (QED) is 0.636. The van der Waals surface area contributed by atoms with Gasteiger partial charge in [0.15, 0.2) is 0 Å². The van der Waals surface area contributed by atoms with E-state index in [-0.39, 0.29) is 5.60 Å². The molecule has 16 heavy (non-hydrogen) atoms. The van der Waals surface area contributed by atoms with Crippen LogP contribution in [0.1, 0.15) is 44.9 Å². The van der Waals surface area contributed by atoms with Gasteiger partial charge < -0.3 is 10.0 Å². The van der Waals surface area contributed by atoms with Gasteiger partial charge in [-0.15, -0.1) is 0 Å². The predicted octanol–water partition coefficient (Wildman–Crippen LogP) is 2.79.